The van der Waals surface area contributed by atoms with E-state index >= 15 is 4.79 Å². The molecule has 2 saturated heterocycles. The van der Waals surface area contributed by atoms with Crippen LogP contribution in [0.15, 0.2) is 60.3 Å². The fourth-order valence-electron chi connectivity index (χ4n) is 8.48. The normalized spacial score (nSPS) is 26.5. The van der Waals surface area contributed by atoms with E-state index in [0.717, 1.165) is 0 Å². The summed E-state index contributed by atoms with van der Waals surface area (Å²) in [6, 6.07) is 8.09. The Morgan fingerprint density at radius 2 is 1.72 bits per heavy atom. The lowest BCUT2D eigenvalue weighted by molar-refractivity contribution is -0.140. The third-order valence-electron chi connectivity index (χ3n) is 10.6. The highest BCUT2D eigenvalue weighted by Gasteiger charge is 2.71. The summed E-state index contributed by atoms with van der Waals surface area (Å²) in [5, 5.41) is 12.1. The van der Waals surface area contributed by atoms with Crippen molar-refractivity contribution >= 4 is 58.7 Å². The molecule has 7 rings (SSSR count). The Bertz CT molecular complexity index is 2150. The van der Waals surface area contributed by atoms with Gasteiger partial charge in [-0.15, -0.1) is 0 Å². The van der Waals surface area contributed by atoms with Crippen molar-refractivity contribution in [3.05, 3.63) is 87.0 Å². The van der Waals surface area contributed by atoms with Crippen molar-refractivity contribution in [2.24, 2.45) is 29.4 Å². The maximum atomic E-state index is 15.3. The molecule has 1 aromatic heterocycles. The van der Waals surface area contributed by atoms with E-state index in [1.807, 2.05) is 0 Å². The molecule has 2 aliphatic carbocycles. The van der Waals surface area contributed by atoms with Crippen LogP contribution >= 0.6 is 23.2 Å². The third kappa shape index (κ3) is 5.29. The van der Waals surface area contributed by atoms with Gasteiger partial charge in [0.1, 0.15) is 17.2 Å². The lowest BCUT2D eigenvalue weighted by Gasteiger charge is -2.50. The standard InChI is InChI=1S/C35H28Cl2F3N5O8/c1-52-17-10-23(46)26(24(11-17)53-2)27-18-7-8-19-25(31(49)44(29(19)47)33(41)51)20(18)12-21-30(48)45(32(50)34(21,27)14-3-5-16(36)6-4-14)43-28-22(37)9-15(13-42-28)35(38,39)40/h3-7,9-11,13,19-21,25,27,46H,8,12H2,1-2H3,(H2,41,51)(H,42,43)/t19-,20+,21-,25-,27+,34+/m0/s1. The summed E-state index contributed by atoms with van der Waals surface area (Å²) in [4.78, 5) is 73.6. The lowest BCUT2D eigenvalue weighted by Crippen LogP contribution is -2.53. The van der Waals surface area contributed by atoms with E-state index in [4.69, 9.17) is 38.4 Å². The number of methoxy groups -OCH3 is 2. The van der Waals surface area contributed by atoms with Crippen LogP contribution in [0.5, 0.6) is 17.2 Å². The second-order valence-corrected chi connectivity index (χ2v) is 13.9. The number of aromatic hydroxyl groups is 1. The largest absolute Gasteiger partial charge is 0.507 e. The molecule has 13 nitrogen and oxygen atoms in total. The van der Waals surface area contributed by atoms with Crippen LogP contribution in [-0.4, -0.2) is 63.9 Å². The first kappa shape index (κ1) is 36.0. The number of primary amides is 1. The van der Waals surface area contributed by atoms with E-state index in [0.29, 0.717) is 27.7 Å². The zero-order valence-electron chi connectivity index (χ0n) is 27.6. The zero-order chi connectivity index (χ0) is 38.3. The molecule has 0 bridgehead atoms. The fraction of sp³-hybridized carbons (Fsp3) is 0.314. The molecular weight excluding hydrogens is 746 g/mol. The average Bonchev–Trinajstić information content (AvgIpc) is 3.49. The number of pyridine rings is 1. The van der Waals surface area contributed by atoms with Gasteiger partial charge in [-0.3, -0.25) is 24.6 Å². The molecule has 2 aromatic carbocycles. The Morgan fingerprint density at radius 1 is 1.02 bits per heavy atom. The topological polar surface area (TPSA) is 181 Å². The number of alkyl halides is 3. The summed E-state index contributed by atoms with van der Waals surface area (Å²) < 4.78 is 51.4. The van der Waals surface area contributed by atoms with Crippen LogP contribution in [0.3, 0.4) is 0 Å². The van der Waals surface area contributed by atoms with Crippen molar-refractivity contribution in [2.75, 3.05) is 19.6 Å². The molecule has 0 spiro atoms. The summed E-state index contributed by atoms with van der Waals surface area (Å²) in [5.74, 6) is -9.95. The summed E-state index contributed by atoms with van der Waals surface area (Å²) in [6.45, 7) is 0. The lowest BCUT2D eigenvalue weighted by atomic mass is 9.49. The van der Waals surface area contributed by atoms with Crippen LogP contribution in [0.25, 0.3) is 0 Å². The van der Waals surface area contributed by atoms with Gasteiger partial charge in [0, 0.05) is 34.8 Å². The van der Waals surface area contributed by atoms with Gasteiger partial charge < -0.3 is 20.3 Å². The number of fused-ring (bicyclic) bond motifs is 4. The van der Waals surface area contributed by atoms with E-state index in [1.54, 1.807) is 6.08 Å². The van der Waals surface area contributed by atoms with Gasteiger partial charge in [0.05, 0.1) is 48.0 Å². The molecule has 3 fully saturated rings. The van der Waals surface area contributed by atoms with Crippen molar-refractivity contribution in [1.29, 1.82) is 0 Å². The van der Waals surface area contributed by atoms with Crippen LogP contribution in [0.1, 0.15) is 35.4 Å². The number of rotatable bonds is 6. The Kier molecular flexibility index (Phi) is 8.60. The van der Waals surface area contributed by atoms with Crippen LogP contribution in [0.2, 0.25) is 10.0 Å². The average molecular weight is 775 g/mol. The number of hydrogen-bond acceptors (Lipinski definition) is 10. The minimum atomic E-state index is -4.79. The van der Waals surface area contributed by atoms with Gasteiger partial charge in [0.25, 0.3) is 11.8 Å². The zero-order valence-corrected chi connectivity index (χ0v) is 29.1. The van der Waals surface area contributed by atoms with Crippen LogP contribution < -0.4 is 20.6 Å². The number of nitrogens with one attached hydrogen (secondary N) is 1. The first-order valence-electron chi connectivity index (χ1n) is 16.0. The van der Waals surface area contributed by atoms with Crippen LogP contribution in [0.4, 0.5) is 23.8 Å². The van der Waals surface area contributed by atoms with Gasteiger partial charge >= 0.3 is 12.2 Å². The number of phenolic OH excluding ortho intramolecular Hbond substituents is 1. The fourth-order valence-corrected chi connectivity index (χ4v) is 8.81. The molecule has 3 aromatic rings. The molecule has 1 saturated carbocycles. The van der Waals surface area contributed by atoms with E-state index in [9.17, 15) is 37.5 Å². The molecule has 0 radical (unpaired) electrons. The number of amides is 6. The van der Waals surface area contributed by atoms with Crippen LogP contribution in [-0.2, 0) is 30.8 Å². The number of allylic oxidation sites excluding steroid dienone is 2. The number of urea groups is 1. The maximum Gasteiger partial charge on any atom is 0.417 e. The van der Waals surface area contributed by atoms with Gasteiger partial charge in [-0.2, -0.15) is 23.1 Å². The van der Waals surface area contributed by atoms with Gasteiger partial charge in [0.15, 0.2) is 5.82 Å². The number of halogens is 5. The number of imide groups is 4. The number of hydrazine groups is 1. The van der Waals surface area contributed by atoms with Crippen molar-refractivity contribution in [1.82, 2.24) is 14.9 Å². The number of ether oxygens (including phenoxy) is 2. The molecule has 53 heavy (non-hydrogen) atoms. The summed E-state index contributed by atoms with van der Waals surface area (Å²) in [6.07, 6.45) is -2.94. The molecule has 6 atom stereocenters. The highest BCUT2D eigenvalue weighted by Crippen LogP contribution is 2.66. The van der Waals surface area contributed by atoms with E-state index in [2.05, 4.69) is 10.4 Å². The van der Waals surface area contributed by atoms with Crippen molar-refractivity contribution in [3.8, 4) is 17.2 Å². The Morgan fingerprint density at radius 3 is 2.32 bits per heavy atom. The smallest absolute Gasteiger partial charge is 0.417 e. The van der Waals surface area contributed by atoms with Crippen molar-refractivity contribution < 1.29 is 51.7 Å². The number of anilines is 1. The number of benzene rings is 2. The van der Waals surface area contributed by atoms with Gasteiger partial charge in [-0.05, 0) is 42.5 Å². The summed E-state index contributed by atoms with van der Waals surface area (Å²) in [5.41, 5.74) is 5.49. The first-order chi connectivity index (χ1) is 25.1. The summed E-state index contributed by atoms with van der Waals surface area (Å²) in [7, 11) is 2.67. The molecule has 0 unspecified atom stereocenters. The Labute approximate surface area is 308 Å². The SMILES string of the molecule is COc1cc(O)c([C@H]2C3=CC[C@@H]4C(=O)N(C(N)=O)C(=O)[C@@H]4[C@@H]3C[C@H]3C(=O)N(Nc4ncc(C(F)(F)F)cc4Cl)C(=O)[C@@]23c2ccc(Cl)cc2)c(OC)c1. The van der Waals surface area contributed by atoms with Crippen molar-refractivity contribution in [3.63, 3.8) is 0 Å². The Hall–Kier alpha value is -5.35. The number of likely N-dealkylation sites (tertiary alicyclic amines) is 1. The number of carbonyl (C=O) groups is 5. The van der Waals surface area contributed by atoms with E-state index in [-0.39, 0.29) is 40.5 Å². The van der Waals surface area contributed by atoms with Crippen molar-refractivity contribution in [2.45, 2.75) is 30.4 Å². The number of hydrogen-bond donors (Lipinski definition) is 3. The van der Waals surface area contributed by atoms with Crippen LogP contribution in [0, 0.1) is 23.7 Å². The van der Waals surface area contributed by atoms with E-state index in [1.165, 1.54) is 50.6 Å². The number of carbonyl (C=O) groups excluding carboxylic acids is 5. The number of nitrogens with zero attached hydrogens (tertiary/aromatic N) is 3. The quantitative estimate of drug-likeness (QED) is 0.223. The summed E-state index contributed by atoms with van der Waals surface area (Å²) >= 11 is 12.5. The number of phenols is 1. The monoisotopic (exact) mass is 773 g/mol. The highest BCUT2D eigenvalue weighted by atomic mass is 35.5. The number of nitrogens with two attached hydrogens (primary N) is 1. The first-order valence-corrected chi connectivity index (χ1v) is 16.8. The molecule has 18 heteroatoms. The molecule has 4 N–H and O–H groups in total. The molecule has 2 aliphatic heterocycles. The molecule has 3 heterocycles. The molecule has 276 valence electrons. The second-order valence-electron chi connectivity index (χ2n) is 13.0. The highest BCUT2D eigenvalue weighted by molar-refractivity contribution is 6.33. The van der Waals surface area contributed by atoms with Gasteiger partial charge in [0.2, 0.25) is 11.8 Å². The second kappa shape index (κ2) is 12.7. The Balaban J connectivity index is 1.49. The predicted octanol–water partition coefficient (Wildman–Crippen LogP) is 5.19. The predicted molar refractivity (Wildman–Crippen MR) is 180 cm³/mol. The van der Waals surface area contributed by atoms with Gasteiger partial charge in [-0.1, -0.05) is 47.0 Å². The van der Waals surface area contributed by atoms with E-state index < -0.39 is 93.0 Å². The molecular formula is C35H28Cl2F3N5O8. The molecule has 6 amide bonds. The minimum absolute atomic E-state index is 0.0277. The van der Waals surface area contributed by atoms with Gasteiger partial charge in [-0.25, -0.2) is 9.78 Å². The maximum absolute atomic E-state index is 15.3. The minimum Gasteiger partial charge on any atom is -0.507 e. The third-order valence-corrected chi connectivity index (χ3v) is 11.2. The number of aromatic nitrogens is 1. The molecule has 4 aliphatic rings.